The van der Waals surface area contributed by atoms with Gasteiger partial charge < -0.3 is 14.8 Å². The first-order valence-electron chi connectivity index (χ1n) is 13.9. The standard InChI is InChI=1S/C33H30Cl2F2N2O4/c34-28-7-1-21(17-30(28)36)15-24-19-26(20-25(32(24)40)16-22-2-8-29(35)31(37)18-22)38-33(41)23-3-5-27(6-4-23)43-14-11-39-9-12-42-13-10-39/h1-8,15-18,26H,9-14,19-20H2,(H,38,41). The van der Waals surface area contributed by atoms with Crippen LogP contribution in [0.25, 0.3) is 12.2 Å². The lowest BCUT2D eigenvalue weighted by atomic mass is 9.83. The Morgan fingerprint density at radius 1 is 0.907 bits per heavy atom. The van der Waals surface area contributed by atoms with Gasteiger partial charge in [-0.15, -0.1) is 0 Å². The summed E-state index contributed by atoms with van der Waals surface area (Å²) in [6, 6.07) is 15.0. The lowest BCUT2D eigenvalue weighted by Gasteiger charge is -2.27. The van der Waals surface area contributed by atoms with Crippen LogP contribution < -0.4 is 10.1 Å². The first-order chi connectivity index (χ1) is 20.7. The van der Waals surface area contributed by atoms with Crippen LogP contribution in [0.5, 0.6) is 5.75 Å². The van der Waals surface area contributed by atoms with Crippen molar-refractivity contribution in [3.8, 4) is 5.75 Å². The molecule has 1 saturated heterocycles. The molecule has 10 heteroatoms. The zero-order valence-electron chi connectivity index (χ0n) is 23.3. The normalized spacial score (nSPS) is 19.5. The quantitative estimate of drug-likeness (QED) is 0.285. The Morgan fingerprint density at radius 2 is 1.47 bits per heavy atom. The molecule has 0 radical (unpaired) electrons. The smallest absolute Gasteiger partial charge is 0.251 e. The number of carbonyl (C=O) groups excluding carboxylic acids is 2. The summed E-state index contributed by atoms with van der Waals surface area (Å²) in [5.41, 5.74) is 2.11. The zero-order valence-corrected chi connectivity index (χ0v) is 24.8. The zero-order chi connectivity index (χ0) is 30.3. The third kappa shape index (κ3) is 8.30. The van der Waals surface area contributed by atoms with E-state index in [1.807, 2.05) is 0 Å². The van der Waals surface area contributed by atoms with Crippen molar-refractivity contribution in [1.29, 1.82) is 0 Å². The molecule has 1 aliphatic carbocycles. The minimum Gasteiger partial charge on any atom is -0.492 e. The van der Waals surface area contributed by atoms with Gasteiger partial charge in [0.2, 0.25) is 0 Å². The summed E-state index contributed by atoms with van der Waals surface area (Å²) in [4.78, 5) is 28.9. The van der Waals surface area contributed by atoms with Crippen LogP contribution >= 0.6 is 23.2 Å². The molecule has 2 fully saturated rings. The Hall–Kier alpha value is -3.56. The molecule has 1 heterocycles. The van der Waals surface area contributed by atoms with Crippen molar-refractivity contribution in [2.75, 3.05) is 39.5 Å². The lowest BCUT2D eigenvalue weighted by Crippen LogP contribution is -2.39. The summed E-state index contributed by atoms with van der Waals surface area (Å²) in [6.45, 7) is 4.55. The summed E-state index contributed by atoms with van der Waals surface area (Å²) < 4.78 is 39.4. The second-order valence-electron chi connectivity index (χ2n) is 10.4. The molecule has 5 rings (SSSR count). The number of amides is 1. The number of carbonyl (C=O) groups is 2. The maximum atomic E-state index is 14.1. The molecule has 1 amide bonds. The van der Waals surface area contributed by atoms with Crippen molar-refractivity contribution in [2.24, 2.45) is 0 Å². The maximum Gasteiger partial charge on any atom is 0.251 e. The number of benzene rings is 3. The lowest BCUT2D eigenvalue weighted by molar-refractivity contribution is -0.113. The van der Waals surface area contributed by atoms with E-state index < -0.39 is 17.7 Å². The highest BCUT2D eigenvalue weighted by Crippen LogP contribution is 2.30. The monoisotopic (exact) mass is 626 g/mol. The average Bonchev–Trinajstić information content (AvgIpc) is 3.00. The van der Waals surface area contributed by atoms with Crippen molar-refractivity contribution in [3.05, 3.63) is 110 Å². The number of ether oxygens (including phenoxy) is 2. The molecular weight excluding hydrogens is 597 g/mol. The van der Waals surface area contributed by atoms with Gasteiger partial charge in [0, 0.05) is 42.4 Å². The Kier molecular flexibility index (Phi) is 10.3. The van der Waals surface area contributed by atoms with Gasteiger partial charge >= 0.3 is 0 Å². The van der Waals surface area contributed by atoms with E-state index in [1.165, 1.54) is 24.3 Å². The van der Waals surface area contributed by atoms with Crippen molar-refractivity contribution < 1.29 is 27.8 Å². The van der Waals surface area contributed by atoms with Crippen LogP contribution in [-0.2, 0) is 9.53 Å². The molecule has 0 spiro atoms. The highest BCUT2D eigenvalue weighted by Gasteiger charge is 2.29. The predicted molar refractivity (Wildman–Crippen MR) is 163 cm³/mol. The number of nitrogens with zero attached hydrogens (tertiary/aromatic N) is 1. The number of morpholine rings is 1. The Labute approximate surface area is 258 Å². The van der Waals surface area contributed by atoms with Gasteiger partial charge in [0.05, 0.1) is 23.3 Å². The van der Waals surface area contributed by atoms with Crippen molar-refractivity contribution in [1.82, 2.24) is 10.2 Å². The molecule has 0 unspecified atom stereocenters. The van der Waals surface area contributed by atoms with E-state index in [2.05, 4.69) is 10.2 Å². The van der Waals surface area contributed by atoms with Gasteiger partial charge in [-0.1, -0.05) is 35.3 Å². The number of rotatable bonds is 8. The third-order valence-electron chi connectivity index (χ3n) is 7.32. The average molecular weight is 628 g/mol. The second-order valence-corrected chi connectivity index (χ2v) is 11.2. The first kappa shape index (κ1) is 30.9. The molecule has 1 saturated carbocycles. The van der Waals surface area contributed by atoms with Crippen LogP contribution in [0.2, 0.25) is 10.0 Å². The molecule has 3 aromatic carbocycles. The molecule has 3 aromatic rings. The van der Waals surface area contributed by atoms with Gasteiger partial charge in [-0.3, -0.25) is 14.5 Å². The molecule has 1 N–H and O–H groups in total. The number of Topliss-reactive ketones (excluding diaryl/α,β-unsaturated/α-hetero) is 1. The van der Waals surface area contributed by atoms with Crippen LogP contribution in [0.4, 0.5) is 8.78 Å². The van der Waals surface area contributed by atoms with E-state index in [0.717, 1.165) is 32.8 Å². The molecule has 2 aliphatic rings. The Balaban J connectivity index is 1.30. The van der Waals surface area contributed by atoms with Gasteiger partial charge in [0.15, 0.2) is 5.78 Å². The molecular formula is C33H30Cl2F2N2O4. The molecule has 1 aliphatic heterocycles. The fourth-order valence-electron chi connectivity index (χ4n) is 5.04. The second kappa shape index (κ2) is 14.3. The van der Waals surface area contributed by atoms with E-state index in [9.17, 15) is 18.4 Å². The minimum atomic E-state index is -0.606. The Morgan fingerprint density at radius 3 is 2.00 bits per heavy atom. The third-order valence-corrected chi connectivity index (χ3v) is 7.93. The van der Waals surface area contributed by atoms with Gasteiger partial charge in [-0.05, 0) is 84.7 Å². The highest BCUT2D eigenvalue weighted by atomic mass is 35.5. The first-order valence-corrected chi connectivity index (χ1v) is 14.7. The van der Waals surface area contributed by atoms with Gasteiger partial charge in [0.25, 0.3) is 5.91 Å². The molecule has 0 atom stereocenters. The van der Waals surface area contributed by atoms with Crippen LogP contribution in [0.3, 0.4) is 0 Å². The topological polar surface area (TPSA) is 67.9 Å². The number of hydrogen-bond donors (Lipinski definition) is 1. The number of nitrogens with one attached hydrogen (secondary N) is 1. The maximum absolute atomic E-state index is 14.1. The van der Waals surface area contributed by atoms with Crippen molar-refractivity contribution in [2.45, 2.75) is 18.9 Å². The van der Waals surface area contributed by atoms with E-state index in [-0.39, 0.29) is 34.6 Å². The number of hydrogen-bond acceptors (Lipinski definition) is 5. The summed E-state index contributed by atoms with van der Waals surface area (Å²) >= 11 is 11.6. The van der Waals surface area contributed by atoms with Crippen LogP contribution in [0, 0.1) is 11.6 Å². The van der Waals surface area contributed by atoms with E-state index in [4.69, 9.17) is 32.7 Å². The van der Waals surface area contributed by atoms with Crippen LogP contribution in [-0.4, -0.2) is 62.1 Å². The Bertz CT molecular complexity index is 1480. The van der Waals surface area contributed by atoms with Gasteiger partial charge in [0.1, 0.15) is 24.0 Å². The molecule has 0 aromatic heterocycles. The van der Waals surface area contributed by atoms with E-state index in [1.54, 1.807) is 48.6 Å². The SMILES string of the molecule is O=C1C(=Cc2ccc(Cl)c(F)c2)CC(NC(=O)c2ccc(OCCN3CCOCC3)cc2)CC1=Cc1ccc(Cl)c(F)c1. The van der Waals surface area contributed by atoms with Crippen LogP contribution in [0.1, 0.15) is 34.3 Å². The highest BCUT2D eigenvalue weighted by molar-refractivity contribution is 6.31. The summed E-state index contributed by atoms with van der Waals surface area (Å²) in [5.74, 6) is -1.13. The fourth-order valence-corrected chi connectivity index (χ4v) is 5.28. The van der Waals surface area contributed by atoms with Crippen LogP contribution in [0.15, 0.2) is 71.8 Å². The number of halogens is 4. The van der Waals surface area contributed by atoms with Gasteiger partial charge in [-0.2, -0.15) is 0 Å². The largest absolute Gasteiger partial charge is 0.492 e. The van der Waals surface area contributed by atoms with E-state index >= 15 is 0 Å². The molecule has 43 heavy (non-hydrogen) atoms. The summed E-state index contributed by atoms with van der Waals surface area (Å²) in [6.07, 6.45) is 3.62. The molecule has 224 valence electrons. The van der Waals surface area contributed by atoms with Crippen molar-refractivity contribution >= 4 is 47.0 Å². The van der Waals surface area contributed by atoms with Gasteiger partial charge in [-0.25, -0.2) is 8.78 Å². The summed E-state index contributed by atoms with van der Waals surface area (Å²) in [5, 5.41) is 2.96. The minimum absolute atomic E-state index is 0.0267. The molecule has 6 nitrogen and oxygen atoms in total. The molecule has 0 bridgehead atoms. The fraction of sp³-hybridized carbons (Fsp3) is 0.273. The predicted octanol–water partition coefficient (Wildman–Crippen LogP) is 6.61. The summed E-state index contributed by atoms with van der Waals surface area (Å²) in [7, 11) is 0. The number of ketones is 1. The van der Waals surface area contributed by atoms with E-state index in [0.29, 0.717) is 40.2 Å². The van der Waals surface area contributed by atoms with Crippen molar-refractivity contribution in [3.63, 3.8) is 0 Å².